The highest BCUT2D eigenvalue weighted by atomic mass is 35.5. The van der Waals surface area contributed by atoms with Gasteiger partial charge in [-0.15, -0.1) is 12.4 Å². The molecule has 0 aromatic heterocycles. The Morgan fingerprint density at radius 2 is 2.12 bits per heavy atom. The van der Waals surface area contributed by atoms with Gasteiger partial charge in [0, 0.05) is 19.1 Å². The van der Waals surface area contributed by atoms with Gasteiger partial charge >= 0.3 is 0 Å². The Hall–Kier alpha value is -0.320. The van der Waals surface area contributed by atoms with Gasteiger partial charge in [0.05, 0.1) is 6.04 Å². The molecule has 1 heterocycles. The molecule has 102 valence electrons. The molecule has 1 fully saturated rings. The van der Waals surface area contributed by atoms with Crippen LogP contribution in [0.3, 0.4) is 0 Å². The van der Waals surface area contributed by atoms with Crippen molar-refractivity contribution in [1.29, 1.82) is 0 Å². The highest BCUT2D eigenvalue weighted by molar-refractivity contribution is 5.85. The Morgan fingerprint density at radius 1 is 1.47 bits per heavy atom. The average Bonchev–Trinajstić information content (AvgIpc) is 2.24. The SMILES string of the molecule is CC(C)CNC(=O)C(C)N1CCCC(N)C1.Cl. The Kier molecular flexibility index (Phi) is 7.75. The van der Waals surface area contributed by atoms with Gasteiger partial charge in [-0.05, 0) is 32.2 Å². The molecule has 0 aromatic carbocycles. The number of piperidine rings is 1. The molecule has 0 aliphatic carbocycles. The third-order valence-electron chi connectivity index (χ3n) is 3.10. The fraction of sp³-hybridized carbons (Fsp3) is 0.917. The number of halogens is 1. The first-order valence-corrected chi connectivity index (χ1v) is 6.28. The summed E-state index contributed by atoms with van der Waals surface area (Å²) < 4.78 is 0. The third kappa shape index (κ3) is 5.70. The van der Waals surface area contributed by atoms with Gasteiger partial charge in [-0.1, -0.05) is 13.8 Å². The van der Waals surface area contributed by atoms with Crippen LogP contribution in [0.15, 0.2) is 0 Å². The molecule has 17 heavy (non-hydrogen) atoms. The molecule has 0 saturated carbocycles. The molecule has 0 bridgehead atoms. The lowest BCUT2D eigenvalue weighted by molar-refractivity contribution is -0.126. The van der Waals surface area contributed by atoms with Crippen LogP contribution in [0.5, 0.6) is 0 Å². The molecular weight excluding hydrogens is 238 g/mol. The minimum atomic E-state index is -0.0508. The smallest absolute Gasteiger partial charge is 0.237 e. The second kappa shape index (κ2) is 7.90. The largest absolute Gasteiger partial charge is 0.354 e. The van der Waals surface area contributed by atoms with E-state index < -0.39 is 0 Å². The van der Waals surface area contributed by atoms with E-state index in [-0.39, 0.29) is 30.4 Å². The summed E-state index contributed by atoms with van der Waals surface area (Å²) in [6.45, 7) is 8.75. The molecule has 1 aliphatic heterocycles. The average molecular weight is 264 g/mol. The van der Waals surface area contributed by atoms with Gasteiger partial charge in [0.15, 0.2) is 0 Å². The molecule has 1 rings (SSSR count). The van der Waals surface area contributed by atoms with Crippen LogP contribution in [-0.2, 0) is 4.79 Å². The molecule has 0 spiro atoms. The maximum Gasteiger partial charge on any atom is 0.237 e. The first kappa shape index (κ1) is 16.7. The lowest BCUT2D eigenvalue weighted by Crippen LogP contribution is -2.52. The predicted molar refractivity (Wildman–Crippen MR) is 73.3 cm³/mol. The lowest BCUT2D eigenvalue weighted by atomic mass is 10.0. The van der Waals surface area contributed by atoms with Crippen LogP contribution in [0.25, 0.3) is 0 Å². The van der Waals surface area contributed by atoms with E-state index in [0.29, 0.717) is 5.92 Å². The zero-order chi connectivity index (χ0) is 12.1. The fourth-order valence-electron chi connectivity index (χ4n) is 2.01. The number of rotatable bonds is 4. The van der Waals surface area contributed by atoms with Crippen LogP contribution >= 0.6 is 12.4 Å². The van der Waals surface area contributed by atoms with Crippen LogP contribution < -0.4 is 11.1 Å². The van der Waals surface area contributed by atoms with E-state index in [4.69, 9.17) is 5.73 Å². The minimum Gasteiger partial charge on any atom is -0.354 e. The van der Waals surface area contributed by atoms with Crippen molar-refractivity contribution in [2.75, 3.05) is 19.6 Å². The third-order valence-corrected chi connectivity index (χ3v) is 3.10. The molecular formula is C12H26ClN3O. The van der Waals surface area contributed by atoms with E-state index in [1.54, 1.807) is 0 Å². The second-order valence-corrected chi connectivity index (χ2v) is 5.21. The van der Waals surface area contributed by atoms with Crippen LogP contribution in [0, 0.1) is 5.92 Å². The predicted octanol–water partition coefficient (Wildman–Crippen LogP) is 0.992. The molecule has 1 amide bonds. The van der Waals surface area contributed by atoms with Gasteiger partial charge in [-0.2, -0.15) is 0 Å². The molecule has 5 heteroatoms. The van der Waals surface area contributed by atoms with E-state index in [9.17, 15) is 4.79 Å². The molecule has 1 saturated heterocycles. The van der Waals surface area contributed by atoms with Gasteiger partial charge in [0.1, 0.15) is 0 Å². The van der Waals surface area contributed by atoms with Gasteiger partial charge in [0.25, 0.3) is 0 Å². The van der Waals surface area contributed by atoms with E-state index in [2.05, 4.69) is 24.1 Å². The van der Waals surface area contributed by atoms with E-state index in [0.717, 1.165) is 32.5 Å². The van der Waals surface area contributed by atoms with Gasteiger partial charge in [0.2, 0.25) is 5.91 Å². The van der Waals surface area contributed by atoms with Crippen molar-refractivity contribution in [1.82, 2.24) is 10.2 Å². The summed E-state index contributed by atoms with van der Waals surface area (Å²) in [6.07, 6.45) is 2.18. The van der Waals surface area contributed by atoms with Crippen molar-refractivity contribution < 1.29 is 4.79 Å². The van der Waals surface area contributed by atoms with Crippen molar-refractivity contribution in [2.45, 2.75) is 45.7 Å². The monoisotopic (exact) mass is 263 g/mol. The standard InChI is InChI=1S/C12H25N3O.ClH/c1-9(2)7-14-12(16)10(3)15-6-4-5-11(13)8-15;/h9-11H,4-8,13H2,1-3H3,(H,14,16);1H. The number of amides is 1. The lowest BCUT2D eigenvalue weighted by Gasteiger charge is -2.34. The molecule has 0 radical (unpaired) electrons. The van der Waals surface area contributed by atoms with E-state index in [1.807, 2.05) is 6.92 Å². The molecule has 2 unspecified atom stereocenters. The summed E-state index contributed by atoms with van der Waals surface area (Å²) >= 11 is 0. The van der Waals surface area contributed by atoms with Crippen molar-refractivity contribution in [2.24, 2.45) is 11.7 Å². The first-order chi connectivity index (χ1) is 7.50. The number of hydrogen-bond donors (Lipinski definition) is 2. The van der Waals surface area contributed by atoms with Gasteiger partial charge in [-0.25, -0.2) is 0 Å². The zero-order valence-electron chi connectivity index (χ0n) is 11.1. The van der Waals surface area contributed by atoms with E-state index in [1.165, 1.54) is 0 Å². The van der Waals surface area contributed by atoms with Crippen LogP contribution in [0.1, 0.15) is 33.6 Å². The normalized spacial score (nSPS) is 23.0. The van der Waals surface area contributed by atoms with Crippen molar-refractivity contribution >= 4 is 18.3 Å². The maximum absolute atomic E-state index is 11.9. The summed E-state index contributed by atoms with van der Waals surface area (Å²) in [7, 11) is 0. The Morgan fingerprint density at radius 3 is 2.65 bits per heavy atom. The molecule has 2 atom stereocenters. The molecule has 3 N–H and O–H groups in total. The highest BCUT2D eigenvalue weighted by Crippen LogP contribution is 2.11. The topological polar surface area (TPSA) is 58.4 Å². The van der Waals surface area contributed by atoms with Gasteiger partial charge < -0.3 is 11.1 Å². The Balaban J connectivity index is 0.00000256. The van der Waals surface area contributed by atoms with Crippen LogP contribution in [0.2, 0.25) is 0 Å². The van der Waals surface area contributed by atoms with Crippen molar-refractivity contribution in [3.8, 4) is 0 Å². The number of nitrogens with zero attached hydrogens (tertiary/aromatic N) is 1. The van der Waals surface area contributed by atoms with E-state index >= 15 is 0 Å². The number of nitrogens with one attached hydrogen (secondary N) is 1. The Labute approximate surface area is 111 Å². The molecule has 1 aliphatic rings. The number of nitrogens with two attached hydrogens (primary N) is 1. The van der Waals surface area contributed by atoms with Crippen molar-refractivity contribution in [3.63, 3.8) is 0 Å². The summed E-state index contributed by atoms with van der Waals surface area (Å²) in [4.78, 5) is 14.0. The summed E-state index contributed by atoms with van der Waals surface area (Å²) in [6, 6.07) is 0.180. The van der Waals surface area contributed by atoms with Crippen LogP contribution in [-0.4, -0.2) is 42.5 Å². The number of likely N-dealkylation sites (tertiary alicyclic amines) is 1. The zero-order valence-corrected chi connectivity index (χ0v) is 11.9. The summed E-state index contributed by atoms with van der Waals surface area (Å²) in [5, 5.41) is 2.97. The molecule has 0 aromatic rings. The fourth-order valence-corrected chi connectivity index (χ4v) is 2.01. The number of carbonyl (C=O) groups is 1. The number of carbonyl (C=O) groups excluding carboxylic acids is 1. The summed E-state index contributed by atoms with van der Waals surface area (Å²) in [5.41, 5.74) is 5.91. The first-order valence-electron chi connectivity index (χ1n) is 6.28. The quantitative estimate of drug-likeness (QED) is 0.795. The molecule has 4 nitrogen and oxygen atoms in total. The summed E-state index contributed by atoms with van der Waals surface area (Å²) in [5.74, 6) is 0.627. The van der Waals surface area contributed by atoms with Crippen molar-refractivity contribution in [3.05, 3.63) is 0 Å². The van der Waals surface area contributed by atoms with Crippen LogP contribution in [0.4, 0.5) is 0 Å². The highest BCUT2D eigenvalue weighted by Gasteiger charge is 2.25. The maximum atomic E-state index is 11.9. The minimum absolute atomic E-state index is 0. The Bertz CT molecular complexity index is 236. The number of hydrogen-bond acceptors (Lipinski definition) is 3. The second-order valence-electron chi connectivity index (χ2n) is 5.21. The van der Waals surface area contributed by atoms with Gasteiger partial charge in [-0.3, -0.25) is 9.69 Å².